The molecule has 0 spiro atoms. The van der Waals surface area contributed by atoms with Gasteiger partial charge in [0.05, 0.1) is 37.6 Å². The first-order valence-corrected chi connectivity index (χ1v) is 11.7. The van der Waals surface area contributed by atoms with E-state index in [1.165, 1.54) is 0 Å². The minimum Gasteiger partial charge on any atom is -0.497 e. The van der Waals surface area contributed by atoms with Gasteiger partial charge in [-0.25, -0.2) is 0 Å². The molecule has 3 N–H and O–H groups in total. The van der Waals surface area contributed by atoms with Crippen LogP contribution in [0.2, 0.25) is 5.02 Å². The van der Waals surface area contributed by atoms with Crippen molar-refractivity contribution in [3.05, 3.63) is 47.5 Å². The molecule has 0 unspecified atom stereocenters. The van der Waals surface area contributed by atoms with Gasteiger partial charge in [-0.15, -0.1) is 0 Å². The predicted octanol–water partition coefficient (Wildman–Crippen LogP) is 1.80. The van der Waals surface area contributed by atoms with E-state index in [-0.39, 0.29) is 12.5 Å². The molecular weight excluding hydrogens is 458 g/mol. The maximum Gasteiger partial charge on any atom is 0.238 e. The monoisotopic (exact) mass is 487 g/mol. The van der Waals surface area contributed by atoms with Crippen LogP contribution >= 0.6 is 11.6 Å². The molecule has 2 aliphatic heterocycles. The fraction of sp³-hybridized carbons (Fsp3) is 0.417. The van der Waals surface area contributed by atoms with E-state index in [4.69, 9.17) is 26.8 Å². The zero-order valence-electron chi connectivity index (χ0n) is 19.2. The molecule has 2 aromatic carbocycles. The number of nitrogens with two attached hydrogens (primary N) is 1. The molecule has 2 aliphatic rings. The first-order valence-electron chi connectivity index (χ1n) is 11.3. The third-order valence-electron chi connectivity index (χ3n) is 6.19. The van der Waals surface area contributed by atoms with E-state index in [0.717, 1.165) is 30.2 Å². The number of benzene rings is 2. The third-order valence-corrected chi connectivity index (χ3v) is 6.49. The lowest BCUT2D eigenvalue weighted by molar-refractivity contribution is -0.125. The summed E-state index contributed by atoms with van der Waals surface area (Å²) in [6.45, 7) is 4.57. The quantitative estimate of drug-likeness (QED) is 0.614. The lowest BCUT2D eigenvalue weighted by Crippen LogP contribution is -2.59. The van der Waals surface area contributed by atoms with Gasteiger partial charge in [-0.2, -0.15) is 0 Å². The van der Waals surface area contributed by atoms with Gasteiger partial charge in [0.15, 0.2) is 0 Å². The number of nitrogens with zero attached hydrogens (tertiary/aromatic N) is 3. The van der Waals surface area contributed by atoms with Crippen molar-refractivity contribution >= 4 is 40.5 Å². The highest BCUT2D eigenvalue weighted by Crippen LogP contribution is 2.29. The Labute approximate surface area is 204 Å². The number of methoxy groups -OCH3 is 1. The minimum atomic E-state index is -0.575. The molecule has 2 heterocycles. The SMILES string of the molecule is COc1ccc(N2CCN(CC(=O)Nc3ccc(N4CCOCC4)c(Cl)c3)[C@@H](C(N)=O)C2)cc1. The van der Waals surface area contributed by atoms with Crippen LogP contribution < -0.4 is 25.6 Å². The van der Waals surface area contributed by atoms with Gasteiger partial charge in [-0.3, -0.25) is 14.5 Å². The van der Waals surface area contributed by atoms with Crippen molar-refractivity contribution in [2.75, 3.05) is 74.7 Å². The molecule has 0 aliphatic carbocycles. The van der Waals surface area contributed by atoms with Gasteiger partial charge in [0, 0.05) is 44.1 Å². The Hall–Kier alpha value is -3.01. The number of morpholine rings is 1. The van der Waals surface area contributed by atoms with Crippen LogP contribution in [0.1, 0.15) is 0 Å². The second kappa shape index (κ2) is 10.9. The number of ether oxygens (including phenoxy) is 2. The van der Waals surface area contributed by atoms with Crippen LogP contribution in [-0.4, -0.2) is 82.3 Å². The van der Waals surface area contributed by atoms with Crippen LogP contribution in [0.3, 0.4) is 0 Å². The van der Waals surface area contributed by atoms with Gasteiger partial charge in [0.25, 0.3) is 0 Å². The van der Waals surface area contributed by atoms with Crippen molar-refractivity contribution < 1.29 is 19.1 Å². The number of carbonyl (C=O) groups excluding carboxylic acids is 2. The number of rotatable bonds is 7. The highest BCUT2D eigenvalue weighted by Gasteiger charge is 2.32. The standard InChI is InChI=1S/C24H30ClN5O4/c1-33-19-5-3-18(4-6-19)29-8-9-30(22(15-29)24(26)32)16-23(31)27-17-2-7-21(20(25)14-17)28-10-12-34-13-11-28/h2-7,14,22H,8-13,15-16H2,1H3,(H2,26,32)(H,27,31)/t22-/m1/s1. The molecule has 0 radical (unpaired) electrons. The topological polar surface area (TPSA) is 100 Å². The summed E-state index contributed by atoms with van der Waals surface area (Å²) in [4.78, 5) is 31.0. The molecule has 2 amide bonds. The molecule has 182 valence electrons. The predicted molar refractivity (Wildman–Crippen MR) is 133 cm³/mol. The van der Waals surface area contributed by atoms with E-state index in [0.29, 0.717) is 43.6 Å². The van der Waals surface area contributed by atoms with Crippen LogP contribution in [0, 0.1) is 0 Å². The van der Waals surface area contributed by atoms with Gasteiger partial charge in [-0.05, 0) is 42.5 Å². The van der Waals surface area contributed by atoms with Gasteiger partial charge < -0.3 is 30.3 Å². The van der Waals surface area contributed by atoms with Crippen molar-refractivity contribution in [1.29, 1.82) is 0 Å². The number of amides is 2. The molecule has 2 aromatic rings. The summed E-state index contributed by atoms with van der Waals surface area (Å²) < 4.78 is 10.6. The number of hydrogen-bond donors (Lipinski definition) is 2. The highest BCUT2D eigenvalue weighted by atomic mass is 35.5. The van der Waals surface area contributed by atoms with Crippen molar-refractivity contribution in [3.8, 4) is 5.75 Å². The molecule has 0 saturated carbocycles. The van der Waals surface area contributed by atoms with Gasteiger partial charge >= 0.3 is 0 Å². The molecule has 0 bridgehead atoms. The largest absolute Gasteiger partial charge is 0.497 e. The zero-order valence-corrected chi connectivity index (χ0v) is 20.0. The van der Waals surface area contributed by atoms with Crippen molar-refractivity contribution in [2.45, 2.75) is 6.04 Å². The summed E-state index contributed by atoms with van der Waals surface area (Å²) in [7, 11) is 1.62. The number of halogens is 1. The Morgan fingerprint density at radius 1 is 1.09 bits per heavy atom. The molecule has 2 saturated heterocycles. The fourth-order valence-corrected chi connectivity index (χ4v) is 4.64. The van der Waals surface area contributed by atoms with Gasteiger partial charge in [-0.1, -0.05) is 11.6 Å². The van der Waals surface area contributed by atoms with E-state index in [2.05, 4.69) is 15.1 Å². The average Bonchev–Trinajstić information content (AvgIpc) is 2.85. The lowest BCUT2D eigenvalue weighted by atomic mass is 10.1. The summed E-state index contributed by atoms with van der Waals surface area (Å²) in [6, 6.07) is 12.6. The summed E-state index contributed by atoms with van der Waals surface area (Å²) in [5.41, 5.74) is 8.20. The number of primary amides is 1. The molecular formula is C24H30ClN5O4. The Balaban J connectivity index is 1.36. The number of carbonyl (C=O) groups is 2. The second-order valence-electron chi connectivity index (χ2n) is 8.35. The van der Waals surface area contributed by atoms with Gasteiger partial charge in [0.2, 0.25) is 11.8 Å². The molecule has 0 aromatic heterocycles. The number of anilines is 3. The molecule has 1 atom stereocenters. The first-order chi connectivity index (χ1) is 16.4. The molecule has 34 heavy (non-hydrogen) atoms. The summed E-state index contributed by atoms with van der Waals surface area (Å²) in [5.74, 6) is 0.0897. The molecule has 4 rings (SSSR count). The summed E-state index contributed by atoms with van der Waals surface area (Å²) >= 11 is 6.48. The Morgan fingerprint density at radius 3 is 2.47 bits per heavy atom. The number of hydrogen-bond acceptors (Lipinski definition) is 7. The smallest absolute Gasteiger partial charge is 0.238 e. The van der Waals surface area contributed by atoms with E-state index < -0.39 is 11.9 Å². The van der Waals surface area contributed by atoms with Crippen LogP contribution in [0.4, 0.5) is 17.1 Å². The van der Waals surface area contributed by atoms with E-state index in [1.54, 1.807) is 13.2 Å². The fourth-order valence-electron chi connectivity index (χ4n) is 4.34. The summed E-state index contributed by atoms with van der Waals surface area (Å²) in [5, 5.41) is 3.46. The van der Waals surface area contributed by atoms with Crippen LogP contribution in [0.15, 0.2) is 42.5 Å². The van der Waals surface area contributed by atoms with Crippen LogP contribution in [0.5, 0.6) is 5.75 Å². The molecule has 10 heteroatoms. The normalized spacial score (nSPS) is 19.1. The Morgan fingerprint density at radius 2 is 1.82 bits per heavy atom. The minimum absolute atomic E-state index is 0.0624. The Bertz CT molecular complexity index is 1010. The highest BCUT2D eigenvalue weighted by molar-refractivity contribution is 6.33. The third kappa shape index (κ3) is 5.72. The van der Waals surface area contributed by atoms with Crippen molar-refractivity contribution in [3.63, 3.8) is 0 Å². The Kier molecular flexibility index (Phi) is 7.77. The van der Waals surface area contributed by atoms with Gasteiger partial charge in [0.1, 0.15) is 11.8 Å². The van der Waals surface area contributed by atoms with Crippen molar-refractivity contribution in [1.82, 2.24) is 4.90 Å². The van der Waals surface area contributed by atoms with Crippen LogP contribution in [-0.2, 0) is 14.3 Å². The van der Waals surface area contributed by atoms with Crippen molar-refractivity contribution in [2.24, 2.45) is 5.73 Å². The second-order valence-corrected chi connectivity index (χ2v) is 8.75. The maximum atomic E-state index is 12.8. The number of piperazine rings is 1. The lowest BCUT2D eigenvalue weighted by Gasteiger charge is -2.40. The van der Waals surface area contributed by atoms with E-state index in [9.17, 15) is 9.59 Å². The molecule has 2 fully saturated rings. The average molecular weight is 488 g/mol. The number of nitrogens with one attached hydrogen (secondary N) is 1. The van der Waals surface area contributed by atoms with E-state index >= 15 is 0 Å². The molecule has 9 nitrogen and oxygen atoms in total. The van der Waals surface area contributed by atoms with E-state index in [1.807, 2.05) is 41.3 Å². The first kappa shape index (κ1) is 24.1. The maximum absolute atomic E-state index is 12.8. The van der Waals surface area contributed by atoms with Crippen LogP contribution in [0.25, 0.3) is 0 Å². The summed E-state index contributed by atoms with van der Waals surface area (Å²) in [6.07, 6.45) is 0. The zero-order chi connectivity index (χ0) is 24.1.